The fourth-order valence-corrected chi connectivity index (χ4v) is 3.43. The number of hydrogen-bond acceptors (Lipinski definition) is 6. The molecule has 3 N–H and O–H groups in total. The average molecular weight is 429 g/mol. The van der Waals surface area contributed by atoms with Gasteiger partial charge in [0, 0.05) is 12.6 Å². The second-order valence-electron chi connectivity index (χ2n) is 6.31. The Kier molecular flexibility index (Phi) is 7.85. The molecule has 3 rings (SSSR count). The monoisotopic (exact) mass is 428 g/mol. The number of anilines is 2. The lowest BCUT2D eigenvalue weighted by atomic mass is 9.99. The van der Waals surface area contributed by atoms with Crippen molar-refractivity contribution < 1.29 is 18.5 Å². The lowest BCUT2D eigenvalue weighted by molar-refractivity contribution is -0.115. The van der Waals surface area contributed by atoms with Crippen LogP contribution in [0.5, 0.6) is 0 Å². The van der Waals surface area contributed by atoms with Gasteiger partial charge in [0.1, 0.15) is 11.6 Å². The molecule has 1 aliphatic heterocycles. The van der Waals surface area contributed by atoms with Crippen molar-refractivity contribution in [1.82, 2.24) is 10.5 Å². The van der Waals surface area contributed by atoms with Crippen molar-refractivity contribution in [2.24, 2.45) is 0 Å². The number of thioether (sulfide) groups is 1. The Labute approximate surface area is 172 Å². The maximum absolute atomic E-state index is 14.6. The number of carbonyl (C=O) groups is 2. The van der Waals surface area contributed by atoms with Gasteiger partial charge < -0.3 is 20.5 Å². The first kappa shape index (κ1) is 22.2. The van der Waals surface area contributed by atoms with Crippen LogP contribution in [-0.2, 0) is 22.6 Å². The molecule has 0 bridgehead atoms. The number of amides is 2. The highest BCUT2D eigenvalue weighted by Gasteiger charge is 2.19. The number of benzene rings is 1. The summed E-state index contributed by atoms with van der Waals surface area (Å²) in [6.07, 6.45) is 0.596. The molecule has 0 saturated carbocycles. The van der Waals surface area contributed by atoms with Crippen LogP contribution in [0.1, 0.15) is 23.8 Å². The summed E-state index contributed by atoms with van der Waals surface area (Å²) in [7, 11) is 0. The van der Waals surface area contributed by atoms with Gasteiger partial charge in [-0.05, 0) is 44.0 Å². The van der Waals surface area contributed by atoms with Gasteiger partial charge >= 0.3 is 0 Å². The molecule has 1 aromatic heterocycles. The van der Waals surface area contributed by atoms with E-state index in [1.54, 1.807) is 26.0 Å². The minimum atomic E-state index is -0.479. The molecule has 0 aliphatic carbocycles. The Morgan fingerprint density at radius 2 is 2.18 bits per heavy atom. The number of carbonyl (C=O) groups excluding carboxylic acids is 2. The Morgan fingerprint density at radius 1 is 1.39 bits per heavy atom. The molecule has 1 unspecified atom stereocenters. The largest absolute Gasteiger partial charge is 0.360 e. The molecule has 1 atom stereocenters. The fraction of sp³-hybridized carbons (Fsp3) is 0.389. The van der Waals surface area contributed by atoms with E-state index in [-0.39, 0.29) is 41.5 Å². The van der Waals surface area contributed by atoms with Crippen LogP contribution in [-0.4, -0.2) is 34.5 Å². The van der Waals surface area contributed by atoms with Gasteiger partial charge in [0.05, 0.1) is 16.7 Å². The number of aryl methyl sites for hydroxylation is 1. The number of hydrogen-bond donors (Lipinski definition) is 3. The molecule has 1 aliphatic rings. The van der Waals surface area contributed by atoms with E-state index < -0.39 is 5.25 Å². The Balaban J connectivity index is 0.00000280. The Bertz CT molecular complexity index is 861. The van der Waals surface area contributed by atoms with Crippen LogP contribution in [0, 0.1) is 12.7 Å². The topological polar surface area (TPSA) is 96.3 Å². The quantitative estimate of drug-likeness (QED) is 0.654. The zero-order valence-corrected chi connectivity index (χ0v) is 17.1. The van der Waals surface area contributed by atoms with Gasteiger partial charge in [0.2, 0.25) is 11.8 Å². The third-order valence-corrected chi connectivity index (χ3v) is 5.34. The number of aromatic nitrogens is 1. The van der Waals surface area contributed by atoms with Crippen LogP contribution in [0.4, 0.5) is 15.9 Å². The van der Waals surface area contributed by atoms with Crippen molar-refractivity contribution in [3.8, 4) is 0 Å². The number of nitrogens with zero attached hydrogens (tertiary/aromatic N) is 1. The van der Waals surface area contributed by atoms with Gasteiger partial charge in [-0.3, -0.25) is 9.59 Å². The van der Waals surface area contributed by atoms with Crippen molar-refractivity contribution in [2.75, 3.05) is 22.9 Å². The summed E-state index contributed by atoms with van der Waals surface area (Å²) in [6, 6.07) is 5.01. The molecule has 0 radical (unpaired) electrons. The first-order valence-electron chi connectivity index (χ1n) is 8.60. The second-order valence-corrected chi connectivity index (χ2v) is 7.63. The summed E-state index contributed by atoms with van der Waals surface area (Å²) in [4.78, 5) is 24.2. The van der Waals surface area contributed by atoms with E-state index >= 15 is 0 Å². The molecular formula is C18H22ClFN4O3S. The highest BCUT2D eigenvalue weighted by molar-refractivity contribution is 8.01. The third-order valence-electron chi connectivity index (χ3n) is 4.19. The van der Waals surface area contributed by atoms with E-state index in [1.165, 1.54) is 0 Å². The first-order chi connectivity index (χ1) is 12.9. The average Bonchev–Trinajstić information content (AvgIpc) is 3.07. The van der Waals surface area contributed by atoms with E-state index in [4.69, 9.17) is 4.52 Å². The highest BCUT2D eigenvalue weighted by Crippen LogP contribution is 2.25. The molecule has 2 heterocycles. The zero-order valence-electron chi connectivity index (χ0n) is 15.5. The lowest BCUT2D eigenvalue weighted by Gasteiger charge is -2.19. The summed E-state index contributed by atoms with van der Waals surface area (Å²) < 4.78 is 19.4. The molecule has 0 fully saturated rings. The van der Waals surface area contributed by atoms with Crippen molar-refractivity contribution >= 4 is 47.5 Å². The lowest BCUT2D eigenvalue weighted by Crippen LogP contribution is -2.26. The van der Waals surface area contributed by atoms with Crippen LogP contribution in [0.15, 0.2) is 22.7 Å². The van der Waals surface area contributed by atoms with Crippen molar-refractivity contribution in [3.63, 3.8) is 0 Å². The summed E-state index contributed by atoms with van der Waals surface area (Å²) in [6.45, 7) is 4.76. The molecule has 28 heavy (non-hydrogen) atoms. The molecule has 1 aromatic carbocycles. The van der Waals surface area contributed by atoms with Crippen LogP contribution in [0.25, 0.3) is 0 Å². The smallest absolute Gasteiger partial charge is 0.238 e. The maximum Gasteiger partial charge on any atom is 0.238 e. The predicted molar refractivity (Wildman–Crippen MR) is 109 cm³/mol. The minimum absolute atomic E-state index is 0. The summed E-state index contributed by atoms with van der Waals surface area (Å²) >= 11 is 1.16. The molecule has 10 heteroatoms. The van der Waals surface area contributed by atoms with Gasteiger partial charge in [-0.15, -0.1) is 24.2 Å². The summed E-state index contributed by atoms with van der Waals surface area (Å²) in [5.74, 6) is -0.0597. The van der Waals surface area contributed by atoms with Gasteiger partial charge in [-0.2, -0.15) is 0 Å². The van der Waals surface area contributed by atoms with E-state index in [0.717, 1.165) is 23.9 Å². The Hall–Kier alpha value is -2.10. The first-order valence-corrected chi connectivity index (χ1v) is 9.65. The van der Waals surface area contributed by atoms with Gasteiger partial charge in [0.15, 0.2) is 5.82 Å². The number of fused-ring (bicyclic) bond motifs is 1. The second kappa shape index (κ2) is 9.90. The van der Waals surface area contributed by atoms with Crippen molar-refractivity contribution in [1.29, 1.82) is 0 Å². The molecule has 2 amide bonds. The SMILES string of the molecule is Cc1cc(NC(=O)C(C)SCC(=O)Nc2ccc3c(c2F)CCNC3)no1.Cl. The van der Waals surface area contributed by atoms with Gasteiger partial charge in [0.25, 0.3) is 0 Å². The molecule has 0 saturated heterocycles. The standard InChI is InChI=1S/C18H21FN4O3S.ClH/c1-10-7-15(23-26-10)22-18(25)11(2)27-9-16(24)21-14-4-3-12-8-20-6-5-13(12)17(14)19;/h3-4,7,11,20H,5-6,8-9H2,1-2H3,(H,21,24)(H,22,23,25);1H. The van der Waals surface area contributed by atoms with E-state index in [9.17, 15) is 14.0 Å². The maximum atomic E-state index is 14.6. The van der Waals surface area contributed by atoms with E-state index in [0.29, 0.717) is 30.1 Å². The fourth-order valence-electron chi connectivity index (χ4n) is 2.75. The van der Waals surface area contributed by atoms with E-state index in [2.05, 4.69) is 21.1 Å². The predicted octanol–water partition coefficient (Wildman–Crippen LogP) is 2.89. The van der Waals surface area contributed by atoms with E-state index in [1.807, 2.05) is 6.07 Å². The normalized spacial score (nSPS) is 13.8. The molecule has 7 nitrogen and oxygen atoms in total. The number of nitrogens with one attached hydrogen (secondary N) is 3. The van der Waals surface area contributed by atoms with Crippen molar-refractivity contribution in [3.05, 3.63) is 40.9 Å². The summed E-state index contributed by atoms with van der Waals surface area (Å²) in [5.41, 5.74) is 1.74. The molecule has 152 valence electrons. The van der Waals surface area contributed by atoms with Crippen LogP contribution in [0.3, 0.4) is 0 Å². The van der Waals surface area contributed by atoms with Crippen LogP contribution < -0.4 is 16.0 Å². The molecule has 0 spiro atoms. The van der Waals surface area contributed by atoms with Crippen molar-refractivity contribution in [2.45, 2.75) is 32.1 Å². The minimum Gasteiger partial charge on any atom is -0.360 e. The Morgan fingerprint density at radius 3 is 2.89 bits per heavy atom. The summed E-state index contributed by atoms with van der Waals surface area (Å²) in [5, 5.41) is 11.6. The molecular weight excluding hydrogens is 407 g/mol. The van der Waals surface area contributed by atoms with Crippen LogP contribution >= 0.6 is 24.2 Å². The molecule has 2 aromatic rings. The van der Waals surface area contributed by atoms with Gasteiger partial charge in [-0.1, -0.05) is 11.2 Å². The van der Waals surface area contributed by atoms with Gasteiger partial charge in [-0.25, -0.2) is 4.39 Å². The number of halogens is 2. The third kappa shape index (κ3) is 5.46. The number of rotatable bonds is 6. The van der Waals surface area contributed by atoms with Crippen LogP contribution in [0.2, 0.25) is 0 Å². The highest BCUT2D eigenvalue weighted by atomic mass is 35.5. The zero-order chi connectivity index (χ0) is 19.4.